The fraction of sp³-hybridized carbons (Fsp3) is 0.444. The number of benzene rings is 1. The smallest absolute Gasteiger partial charge is 0.118 e. The Kier molecular flexibility index (Phi) is 5.83. The second-order valence-corrected chi connectivity index (χ2v) is 6.75. The van der Waals surface area contributed by atoms with Crippen molar-refractivity contribution in [1.29, 1.82) is 0 Å². The molecule has 1 atom stereocenters. The third kappa shape index (κ3) is 4.32. The average Bonchev–Trinajstić information content (AvgIpc) is 2.83. The van der Waals surface area contributed by atoms with Crippen LogP contribution in [0.1, 0.15) is 40.3 Å². The summed E-state index contributed by atoms with van der Waals surface area (Å²) in [4.78, 5) is 2.86. The highest BCUT2D eigenvalue weighted by Gasteiger charge is 2.16. The van der Waals surface area contributed by atoms with Crippen molar-refractivity contribution in [2.75, 3.05) is 13.7 Å². The third-order valence-corrected chi connectivity index (χ3v) is 4.90. The van der Waals surface area contributed by atoms with Gasteiger partial charge in [0.15, 0.2) is 0 Å². The van der Waals surface area contributed by atoms with E-state index in [9.17, 15) is 0 Å². The molecule has 0 amide bonds. The van der Waals surface area contributed by atoms with E-state index in [0.717, 1.165) is 25.1 Å². The zero-order chi connectivity index (χ0) is 15.2. The van der Waals surface area contributed by atoms with E-state index in [1.165, 1.54) is 20.9 Å². The van der Waals surface area contributed by atoms with Crippen LogP contribution in [0.5, 0.6) is 5.75 Å². The summed E-state index contributed by atoms with van der Waals surface area (Å²) in [6.45, 7) is 7.67. The molecule has 0 saturated carbocycles. The van der Waals surface area contributed by atoms with E-state index in [0.29, 0.717) is 6.04 Å². The van der Waals surface area contributed by atoms with E-state index in [2.05, 4.69) is 44.3 Å². The maximum absolute atomic E-state index is 5.23. The van der Waals surface area contributed by atoms with Gasteiger partial charge in [-0.1, -0.05) is 19.1 Å². The van der Waals surface area contributed by atoms with Gasteiger partial charge in [0, 0.05) is 15.8 Å². The van der Waals surface area contributed by atoms with Crippen molar-refractivity contribution in [1.82, 2.24) is 5.32 Å². The Bertz CT molecular complexity index is 559. The van der Waals surface area contributed by atoms with Crippen LogP contribution in [-0.2, 0) is 6.42 Å². The third-order valence-electron chi connectivity index (χ3n) is 3.64. The number of methoxy groups -OCH3 is 1. The normalized spacial score (nSPS) is 12.4. The van der Waals surface area contributed by atoms with E-state index in [1.54, 1.807) is 7.11 Å². The molecular weight excluding hydrogens is 278 g/mol. The van der Waals surface area contributed by atoms with Gasteiger partial charge in [-0.2, -0.15) is 0 Å². The molecule has 0 spiro atoms. The van der Waals surface area contributed by atoms with Crippen molar-refractivity contribution >= 4 is 11.3 Å². The van der Waals surface area contributed by atoms with Crippen LogP contribution in [0.15, 0.2) is 30.3 Å². The van der Waals surface area contributed by atoms with Crippen LogP contribution in [-0.4, -0.2) is 13.7 Å². The van der Waals surface area contributed by atoms with E-state index >= 15 is 0 Å². The molecule has 3 heteroatoms. The van der Waals surface area contributed by atoms with Crippen molar-refractivity contribution in [3.63, 3.8) is 0 Å². The first kappa shape index (κ1) is 16.1. The summed E-state index contributed by atoms with van der Waals surface area (Å²) in [6, 6.07) is 11.1. The van der Waals surface area contributed by atoms with Crippen LogP contribution in [0.2, 0.25) is 0 Å². The van der Waals surface area contributed by atoms with Gasteiger partial charge in [-0.15, -0.1) is 11.3 Å². The molecule has 1 unspecified atom stereocenters. The first-order chi connectivity index (χ1) is 10.1. The van der Waals surface area contributed by atoms with E-state index in [-0.39, 0.29) is 0 Å². The average molecular weight is 303 g/mol. The predicted molar refractivity (Wildman–Crippen MR) is 91.5 cm³/mol. The number of nitrogens with one attached hydrogen (secondary N) is 1. The molecule has 21 heavy (non-hydrogen) atoms. The van der Waals surface area contributed by atoms with Gasteiger partial charge in [-0.25, -0.2) is 0 Å². The number of thiophene rings is 1. The van der Waals surface area contributed by atoms with Gasteiger partial charge in [0.25, 0.3) is 0 Å². The summed E-state index contributed by atoms with van der Waals surface area (Å²) >= 11 is 1.91. The zero-order valence-corrected chi connectivity index (χ0v) is 14.2. The van der Waals surface area contributed by atoms with Gasteiger partial charge in [0.2, 0.25) is 0 Å². The highest BCUT2D eigenvalue weighted by Crippen LogP contribution is 2.30. The molecule has 1 aromatic carbocycles. The molecular formula is C18H25NOS. The zero-order valence-electron chi connectivity index (χ0n) is 13.4. The topological polar surface area (TPSA) is 21.3 Å². The van der Waals surface area contributed by atoms with Crippen LogP contribution in [0.4, 0.5) is 0 Å². The first-order valence-electron chi connectivity index (χ1n) is 7.57. The summed E-state index contributed by atoms with van der Waals surface area (Å²) in [5, 5.41) is 3.70. The fourth-order valence-electron chi connectivity index (χ4n) is 2.58. The highest BCUT2D eigenvalue weighted by atomic mass is 32.1. The molecule has 114 valence electrons. The van der Waals surface area contributed by atoms with Gasteiger partial charge >= 0.3 is 0 Å². The quantitative estimate of drug-likeness (QED) is 0.803. The lowest BCUT2D eigenvalue weighted by Crippen LogP contribution is -2.23. The number of hydrogen-bond donors (Lipinski definition) is 1. The number of hydrogen-bond acceptors (Lipinski definition) is 3. The van der Waals surface area contributed by atoms with Crippen molar-refractivity contribution in [2.24, 2.45) is 0 Å². The molecule has 1 aromatic heterocycles. The second kappa shape index (κ2) is 7.62. The summed E-state index contributed by atoms with van der Waals surface area (Å²) in [6.07, 6.45) is 2.17. The molecule has 0 aliphatic heterocycles. The van der Waals surface area contributed by atoms with Crippen molar-refractivity contribution in [2.45, 2.75) is 39.7 Å². The van der Waals surface area contributed by atoms with Crippen LogP contribution in [0.25, 0.3) is 0 Å². The van der Waals surface area contributed by atoms with Crippen molar-refractivity contribution in [3.05, 3.63) is 51.2 Å². The number of rotatable bonds is 7. The summed E-state index contributed by atoms with van der Waals surface area (Å²) in [5.74, 6) is 0.917. The van der Waals surface area contributed by atoms with Crippen LogP contribution >= 0.6 is 11.3 Å². The number of aryl methyl sites for hydroxylation is 2. The Morgan fingerprint density at radius 3 is 2.43 bits per heavy atom. The van der Waals surface area contributed by atoms with Gasteiger partial charge in [0.05, 0.1) is 7.11 Å². The van der Waals surface area contributed by atoms with Gasteiger partial charge in [-0.3, -0.25) is 0 Å². The fourth-order valence-corrected chi connectivity index (χ4v) is 3.69. The molecule has 0 radical (unpaired) electrons. The maximum Gasteiger partial charge on any atom is 0.118 e. The first-order valence-corrected chi connectivity index (χ1v) is 8.39. The van der Waals surface area contributed by atoms with Gasteiger partial charge < -0.3 is 10.1 Å². The SMILES string of the molecule is CCCNC(Cc1ccc(OC)cc1)c1sc(C)cc1C. The molecule has 2 rings (SSSR count). The van der Waals surface area contributed by atoms with Crippen LogP contribution < -0.4 is 10.1 Å². The Balaban J connectivity index is 2.17. The monoisotopic (exact) mass is 303 g/mol. The minimum absolute atomic E-state index is 0.400. The molecule has 0 aliphatic carbocycles. The predicted octanol–water partition coefficient (Wildman–Crippen LogP) is 4.66. The summed E-state index contributed by atoms with van der Waals surface area (Å²) in [7, 11) is 1.71. The highest BCUT2D eigenvalue weighted by molar-refractivity contribution is 7.12. The molecule has 1 heterocycles. The lowest BCUT2D eigenvalue weighted by Gasteiger charge is -2.19. The molecule has 0 bridgehead atoms. The van der Waals surface area contributed by atoms with E-state index < -0.39 is 0 Å². The van der Waals surface area contributed by atoms with Gasteiger partial charge in [0.1, 0.15) is 5.75 Å². The molecule has 2 nitrogen and oxygen atoms in total. The number of ether oxygens (including phenoxy) is 1. The van der Waals surface area contributed by atoms with Crippen LogP contribution in [0, 0.1) is 13.8 Å². The van der Waals surface area contributed by atoms with Gasteiger partial charge in [-0.05, 0) is 62.6 Å². The van der Waals surface area contributed by atoms with E-state index in [4.69, 9.17) is 4.74 Å². The summed E-state index contributed by atoms with van der Waals surface area (Å²) in [5.41, 5.74) is 2.74. The lowest BCUT2D eigenvalue weighted by molar-refractivity contribution is 0.414. The molecule has 0 fully saturated rings. The minimum atomic E-state index is 0.400. The van der Waals surface area contributed by atoms with E-state index in [1.807, 2.05) is 23.5 Å². The molecule has 1 N–H and O–H groups in total. The molecule has 0 aliphatic rings. The molecule has 2 aromatic rings. The standard InChI is InChI=1S/C18H25NOS/c1-5-10-19-17(18-13(2)11-14(3)21-18)12-15-6-8-16(20-4)9-7-15/h6-9,11,17,19H,5,10,12H2,1-4H3. The lowest BCUT2D eigenvalue weighted by atomic mass is 10.0. The Morgan fingerprint density at radius 1 is 1.19 bits per heavy atom. The largest absolute Gasteiger partial charge is 0.497 e. The maximum atomic E-state index is 5.23. The molecule has 0 saturated heterocycles. The van der Waals surface area contributed by atoms with Crippen LogP contribution in [0.3, 0.4) is 0 Å². The Hall–Kier alpha value is -1.32. The summed E-state index contributed by atoms with van der Waals surface area (Å²) < 4.78 is 5.23. The Labute approximate surface area is 132 Å². The Morgan fingerprint density at radius 2 is 1.90 bits per heavy atom. The van der Waals surface area contributed by atoms with Crippen molar-refractivity contribution < 1.29 is 4.74 Å². The van der Waals surface area contributed by atoms with Crippen molar-refractivity contribution in [3.8, 4) is 5.75 Å². The second-order valence-electron chi connectivity index (χ2n) is 5.46. The minimum Gasteiger partial charge on any atom is -0.497 e.